The lowest BCUT2D eigenvalue weighted by Crippen LogP contribution is -2.40. The molecule has 8 heteroatoms. The lowest BCUT2D eigenvalue weighted by molar-refractivity contribution is -0.124. The third kappa shape index (κ3) is 4.33. The van der Waals surface area contributed by atoms with Gasteiger partial charge in [0.05, 0.1) is 11.6 Å². The molecule has 138 valence electrons. The fraction of sp³-hybridized carbons (Fsp3) is 0.278. The molecule has 1 aliphatic heterocycles. The van der Waals surface area contributed by atoms with Crippen LogP contribution in [-0.2, 0) is 10.4 Å². The molecule has 0 saturated carbocycles. The van der Waals surface area contributed by atoms with Crippen LogP contribution in [0.3, 0.4) is 0 Å². The van der Waals surface area contributed by atoms with E-state index in [4.69, 9.17) is 37.4 Å². The Morgan fingerprint density at radius 3 is 2.77 bits per heavy atom. The minimum atomic E-state index is -1.28. The number of amides is 1. The van der Waals surface area contributed by atoms with Gasteiger partial charge in [-0.15, -0.1) is 0 Å². The number of ether oxygens (including phenoxy) is 3. The summed E-state index contributed by atoms with van der Waals surface area (Å²) >= 11 is 11.8. The van der Waals surface area contributed by atoms with E-state index in [1.807, 2.05) is 0 Å². The molecular formula is C18H17Cl2NO5. The number of carbonyl (C=O) groups is 1. The summed E-state index contributed by atoms with van der Waals surface area (Å²) in [6, 6.07) is 9.87. The zero-order valence-electron chi connectivity index (χ0n) is 13.9. The van der Waals surface area contributed by atoms with Crippen molar-refractivity contribution < 1.29 is 24.1 Å². The molecule has 0 aromatic heterocycles. The van der Waals surface area contributed by atoms with E-state index < -0.39 is 11.5 Å². The highest BCUT2D eigenvalue weighted by Gasteiger charge is 2.26. The number of aliphatic hydroxyl groups is 1. The highest BCUT2D eigenvalue weighted by Crippen LogP contribution is 2.35. The van der Waals surface area contributed by atoms with Gasteiger partial charge in [-0.25, -0.2) is 0 Å². The van der Waals surface area contributed by atoms with E-state index in [1.165, 1.54) is 6.07 Å². The van der Waals surface area contributed by atoms with E-state index in [0.717, 1.165) is 0 Å². The van der Waals surface area contributed by atoms with Gasteiger partial charge >= 0.3 is 0 Å². The maximum atomic E-state index is 12.0. The summed E-state index contributed by atoms with van der Waals surface area (Å²) in [4.78, 5) is 12.0. The third-order valence-electron chi connectivity index (χ3n) is 3.88. The summed E-state index contributed by atoms with van der Waals surface area (Å²) in [6.45, 7) is 1.52. The average Bonchev–Trinajstić information content (AvgIpc) is 3.07. The number of nitrogens with one attached hydrogen (secondary N) is 1. The molecule has 1 atom stereocenters. The molecule has 2 aromatic rings. The fourth-order valence-electron chi connectivity index (χ4n) is 2.39. The Morgan fingerprint density at radius 2 is 2.00 bits per heavy atom. The molecule has 0 unspecified atom stereocenters. The van der Waals surface area contributed by atoms with E-state index in [0.29, 0.717) is 32.9 Å². The lowest BCUT2D eigenvalue weighted by Gasteiger charge is -2.24. The van der Waals surface area contributed by atoms with Crippen molar-refractivity contribution in [2.75, 3.05) is 19.9 Å². The van der Waals surface area contributed by atoms with Crippen molar-refractivity contribution >= 4 is 29.1 Å². The molecule has 0 saturated heterocycles. The van der Waals surface area contributed by atoms with Crippen LogP contribution in [0.5, 0.6) is 17.2 Å². The first-order valence-electron chi connectivity index (χ1n) is 7.82. The summed E-state index contributed by atoms with van der Waals surface area (Å²) in [5.74, 6) is 1.16. The first-order chi connectivity index (χ1) is 12.3. The molecule has 0 fully saturated rings. The van der Waals surface area contributed by atoms with Crippen LogP contribution in [0, 0.1) is 0 Å². The van der Waals surface area contributed by atoms with E-state index >= 15 is 0 Å². The lowest BCUT2D eigenvalue weighted by atomic mass is 9.95. The number of halogens is 2. The van der Waals surface area contributed by atoms with Crippen LogP contribution in [0.1, 0.15) is 12.5 Å². The molecule has 1 heterocycles. The average molecular weight is 398 g/mol. The first kappa shape index (κ1) is 18.6. The van der Waals surface area contributed by atoms with Gasteiger partial charge in [0.25, 0.3) is 5.91 Å². The molecular weight excluding hydrogens is 381 g/mol. The zero-order chi connectivity index (χ0) is 18.7. The highest BCUT2D eigenvalue weighted by atomic mass is 35.5. The van der Waals surface area contributed by atoms with Gasteiger partial charge in [-0.1, -0.05) is 29.3 Å². The maximum Gasteiger partial charge on any atom is 0.258 e. The van der Waals surface area contributed by atoms with Gasteiger partial charge in [0, 0.05) is 5.02 Å². The Bertz CT molecular complexity index is 825. The minimum absolute atomic E-state index is 0.00316. The van der Waals surface area contributed by atoms with Crippen LogP contribution in [0.2, 0.25) is 10.0 Å². The monoisotopic (exact) mass is 397 g/mol. The summed E-state index contributed by atoms with van der Waals surface area (Å²) in [5.41, 5.74) is -0.683. The van der Waals surface area contributed by atoms with Crippen molar-refractivity contribution in [3.05, 3.63) is 52.0 Å². The van der Waals surface area contributed by atoms with E-state index in [1.54, 1.807) is 37.3 Å². The number of hydrogen-bond acceptors (Lipinski definition) is 5. The minimum Gasteiger partial charge on any atom is -0.482 e. The van der Waals surface area contributed by atoms with Gasteiger partial charge in [-0.05, 0) is 42.8 Å². The van der Waals surface area contributed by atoms with Gasteiger partial charge in [-0.2, -0.15) is 0 Å². The van der Waals surface area contributed by atoms with Crippen molar-refractivity contribution in [3.8, 4) is 17.2 Å². The van der Waals surface area contributed by atoms with E-state index in [9.17, 15) is 9.90 Å². The highest BCUT2D eigenvalue weighted by molar-refractivity contribution is 6.35. The Labute approximate surface area is 160 Å². The van der Waals surface area contributed by atoms with Gasteiger partial charge < -0.3 is 24.6 Å². The summed E-state index contributed by atoms with van der Waals surface area (Å²) in [7, 11) is 0. The summed E-state index contributed by atoms with van der Waals surface area (Å²) in [6.07, 6.45) is 0. The molecule has 26 heavy (non-hydrogen) atoms. The quantitative estimate of drug-likeness (QED) is 0.782. The van der Waals surface area contributed by atoms with Gasteiger partial charge in [0.1, 0.15) is 11.4 Å². The number of fused-ring (bicyclic) bond motifs is 1. The Balaban J connectivity index is 1.54. The molecule has 3 rings (SSSR count). The molecule has 2 aromatic carbocycles. The van der Waals surface area contributed by atoms with Crippen LogP contribution >= 0.6 is 23.2 Å². The Kier molecular flexibility index (Phi) is 5.46. The Hall–Kier alpha value is -2.15. The largest absolute Gasteiger partial charge is 0.482 e. The van der Waals surface area contributed by atoms with E-state index in [2.05, 4.69) is 5.32 Å². The van der Waals surface area contributed by atoms with Crippen molar-refractivity contribution in [2.45, 2.75) is 12.5 Å². The molecule has 0 aliphatic carbocycles. The van der Waals surface area contributed by atoms with Crippen LogP contribution in [0.15, 0.2) is 36.4 Å². The molecule has 2 N–H and O–H groups in total. The summed E-state index contributed by atoms with van der Waals surface area (Å²) < 4.78 is 15.9. The maximum absolute atomic E-state index is 12.0. The number of benzene rings is 2. The van der Waals surface area contributed by atoms with Crippen molar-refractivity contribution in [1.82, 2.24) is 5.32 Å². The van der Waals surface area contributed by atoms with Crippen molar-refractivity contribution in [3.63, 3.8) is 0 Å². The number of hydrogen-bond donors (Lipinski definition) is 2. The Morgan fingerprint density at radius 1 is 1.23 bits per heavy atom. The van der Waals surface area contributed by atoms with Gasteiger partial charge in [-0.3, -0.25) is 4.79 Å². The molecule has 1 amide bonds. The molecule has 1 aliphatic rings. The smallest absolute Gasteiger partial charge is 0.258 e. The molecule has 6 nitrogen and oxygen atoms in total. The normalized spacial score (nSPS) is 14.6. The number of rotatable bonds is 6. The molecule has 0 spiro atoms. The molecule has 0 bridgehead atoms. The second-order valence-corrected chi connectivity index (χ2v) is 6.83. The van der Waals surface area contributed by atoms with Gasteiger partial charge in [0.2, 0.25) is 6.79 Å². The predicted octanol–water partition coefficient (Wildman–Crippen LogP) is 3.12. The zero-order valence-corrected chi connectivity index (χ0v) is 15.4. The predicted molar refractivity (Wildman–Crippen MR) is 97.1 cm³/mol. The third-order valence-corrected chi connectivity index (χ3v) is 4.41. The summed E-state index contributed by atoms with van der Waals surface area (Å²) in [5, 5.41) is 14.1. The van der Waals surface area contributed by atoms with E-state index in [-0.39, 0.29) is 19.9 Å². The van der Waals surface area contributed by atoms with Crippen LogP contribution in [-0.4, -0.2) is 31.0 Å². The topological polar surface area (TPSA) is 77.0 Å². The second-order valence-electron chi connectivity index (χ2n) is 5.98. The van der Waals surface area contributed by atoms with Crippen LogP contribution in [0.4, 0.5) is 0 Å². The van der Waals surface area contributed by atoms with Crippen molar-refractivity contribution in [2.24, 2.45) is 0 Å². The number of carbonyl (C=O) groups excluding carboxylic acids is 1. The SMILES string of the molecule is C[C@](O)(CNC(=O)COc1ccc(Cl)cc1Cl)c1ccc2c(c1)OCO2. The van der Waals surface area contributed by atoms with Crippen LogP contribution < -0.4 is 19.5 Å². The second kappa shape index (κ2) is 7.61. The van der Waals surface area contributed by atoms with Crippen molar-refractivity contribution in [1.29, 1.82) is 0 Å². The fourth-order valence-corrected chi connectivity index (χ4v) is 2.85. The molecule has 0 radical (unpaired) electrons. The first-order valence-corrected chi connectivity index (χ1v) is 8.58. The van der Waals surface area contributed by atoms with Gasteiger partial charge in [0.15, 0.2) is 18.1 Å². The van der Waals surface area contributed by atoms with Crippen LogP contribution in [0.25, 0.3) is 0 Å². The standard InChI is InChI=1S/C18H17Cl2NO5/c1-18(23,11-2-4-15-16(6-11)26-10-25-15)9-21-17(22)8-24-14-5-3-12(19)7-13(14)20/h2-7,23H,8-10H2,1H3,(H,21,22)/t18-/m0/s1.